The highest BCUT2D eigenvalue weighted by molar-refractivity contribution is 5.90. The summed E-state index contributed by atoms with van der Waals surface area (Å²) in [5.74, 6) is 1.46. The minimum absolute atomic E-state index is 0.269. The number of carbonyl (C=O) groups excluding carboxylic acids is 1. The predicted octanol–water partition coefficient (Wildman–Crippen LogP) is 4.44. The lowest BCUT2D eigenvalue weighted by Gasteiger charge is -2.51. The minimum Gasteiger partial charge on any atom is -0.493 e. The molecule has 3 atom stereocenters. The van der Waals surface area contributed by atoms with Gasteiger partial charge in [-0.2, -0.15) is 0 Å². The van der Waals surface area contributed by atoms with E-state index in [4.69, 9.17) is 14.2 Å². The Morgan fingerprint density at radius 3 is 2.75 bits per heavy atom. The topological polar surface area (TPSA) is 44.8 Å². The van der Waals surface area contributed by atoms with E-state index in [1.54, 1.807) is 25.3 Å². The first-order valence-corrected chi connectivity index (χ1v) is 10.9. The largest absolute Gasteiger partial charge is 0.493 e. The lowest BCUT2D eigenvalue weighted by atomic mass is 9.82. The Bertz CT molecular complexity index is 658. The molecule has 0 spiro atoms. The summed E-state index contributed by atoms with van der Waals surface area (Å²) in [5.41, 5.74) is 0.524. The number of fused-ring (bicyclic) bond motifs is 1. The third kappa shape index (κ3) is 4.80. The van der Waals surface area contributed by atoms with Gasteiger partial charge in [0.2, 0.25) is 0 Å². The summed E-state index contributed by atoms with van der Waals surface area (Å²) in [6.07, 6.45) is 8.35. The van der Waals surface area contributed by atoms with E-state index in [9.17, 15) is 4.79 Å². The van der Waals surface area contributed by atoms with Crippen molar-refractivity contribution in [2.24, 2.45) is 5.92 Å². The summed E-state index contributed by atoms with van der Waals surface area (Å²) >= 11 is 0. The molecule has 0 bridgehead atoms. The van der Waals surface area contributed by atoms with Gasteiger partial charge in [-0.15, -0.1) is 0 Å². The number of hydrogen-bond donors (Lipinski definition) is 0. The van der Waals surface area contributed by atoms with Crippen molar-refractivity contribution in [2.75, 3.05) is 40.5 Å². The molecule has 0 amide bonds. The molecule has 0 aliphatic carbocycles. The zero-order valence-electron chi connectivity index (χ0n) is 17.7. The highest BCUT2D eigenvalue weighted by Crippen LogP contribution is 2.36. The summed E-state index contributed by atoms with van der Waals surface area (Å²) < 4.78 is 18.1. The molecule has 0 saturated carbocycles. The highest BCUT2D eigenvalue weighted by Gasteiger charge is 2.43. The molecule has 2 aliphatic rings. The van der Waals surface area contributed by atoms with Crippen molar-refractivity contribution >= 4 is 5.97 Å². The Labute approximate surface area is 169 Å². The average Bonchev–Trinajstić information content (AvgIpc) is 2.71. The molecule has 2 saturated heterocycles. The van der Waals surface area contributed by atoms with Gasteiger partial charge in [-0.1, -0.05) is 13.3 Å². The van der Waals surface area contributed by atoms with Gasteiger partial charge in [0.25, 0.3) is 0 Å². The highest BCUT2D eigenvalue weighted by atomic mass is 16.5. The van der Waals surface area contributed by atoms with E-state index in [0.29, 0.717) is 42.2 Å². The van der Waals surface area contributed by atoms with Crippen LogP contribution in [-0.4, -0.2) is 57.0 Å². The molecule has 0 unspecified atom stereocenters. The SMILES string of the molecule is CCCCOc1ccc(C(=O)OC[C@H]2CCC[N@+]3(C)CCCC[C@@H]23)cc1OC. The number of methoxy groups -OCH3 is 1. The number of rotatable bonds is 8. The van der Waals surface area contributed by atoms with Gasteiger partial charge in [-0.3, -0.25) is 0 Å². The normalized spacial score (nSPS) is 27.0. The Hall–Kier alpha value is -1.75. The van der Waals surface area contributed by atoms with Crippen molar-refractivity contribution in [1.82, 2.24) is 0 Å². The van der Waals surface area contributed by atoms with E-state index >= 15 is 0 Å². The van der Waals surface area contributed by atoms with Crippen LogP contribution in [0.5, 0.6) is 11.5 Å². The van der Waals surface area contributed by atoms with Crippen LogP contribution in [0, 0.1) is 5.92 Å². The maximum absolute atomic E-state index is 12.6. The van der Waals surface area contributed by atoms with Crippen LogP contribution in [0.2, 0.25) is 0 Å². The fourth-order valence-corrected chi connectivity index (χ4v) is 4.93. The van der Waals surface area contributed by atoms with Gasteiger partial charge < -0.3 is 18.7 Å². The summed E-state index contributed by atoms with van der Waals surface area (Å²) in [7, 11) is 3.99. The molecule has 0 N–H and O–H groups in total. The van der Waals surface area contributed by atoms with Crippen LogP contribution in [0.25, 0.3) is 0 Å². The van der Waals surface area contributed by atoms with Gasteiger partial charge in [0, 0.05) is 12.3 Å². The standard InChI is InChI=1S/C23H36NO4/c1-4-5-15-27-21-12-11-18(16-22(21)26-3)23(25)28-17-19-9-8-14-24(2)13-7-6-10-20(19)24/h11-12,16,19-20H,4-10,13-15,17H2,1-3H3/q+1/t19-,20+,24+/m1/s1. The van der Waals surface area contributed by atoms with Crippen molar-refractivity contribution in [3.8, 4) is 11.5 Å². The number of hydrogen-bond acceptors (Lipinski definition) is 4. The molecule has 5 nitrogen and oxygen atoms in total. The quantitative estimate of drug-likeness (QED) is 0.374. The van der Waals surface area contributed by atoms with Crippen LogP contribution < -0.4 is 9.47 Å². The molecule has 2 heterocycles. The van der Waals surface area contributed by atoms with Gasteiger partial charge >= 0.3 is 5.97 Å². The van der Waals surface area contributed by atoms with Gasteiger partial charge in [-0.05, 0) is 50.3 Å². The number of nitrogens with zero attached hydrogens (tertiary/aromatic N) is 1. The number of carbonyl (C=O) groups is 1. The number of ether oxygens (including phenoxy) is 3. The zero-order valence-corrected chi connectivity index (χ0v) is 17.7. The second kappa shape index (κ2) is 9.64. The smallest absolute Gasteiger partial charge is 0.338 e. The maximum Gasteiger partial charge on any atom is 0.338 e. The van der Waals surface area contributed by atoms with Crippen LogP contribution in [0.1, 0.15) is 62.2 Å². The predicted molar refractivity (Wildman–Crippen MR) is 110 cm³/mol. The van der Waals surface area contributed by atoms with E-state index in [0.717, 1.165) is 12.8 Å². The third-order valence-corrected chi connectivity index (χ3v) is 6.59. The van der Waals surface area contributed by atoms with Crippen LogP contribution in [0.3, 0.4) is 0 Å². The van der Waals surface area contributed by atoms with Crippen molar-refractivity contribution < 1.29 is 23.5 Å². The molecule has 2 fully saturated rings. The molecular formula is C23H36NO4+. The summed E-state index contributed by atoms with van der Waals surface area (Å²) in [5, 5.41) is 0. The first-order valence-electron chi connectivity index (χ1n) is 10.9. The molecule has 2 aliphatic heterocycles. The first-order chi connectivity index (χ1) is 13.6. The van der Waals surface area contributed by atoms with Gasteiger partial charge in [0.15, 0.2) is 11.5 Å². The third-order valence-electron chi connectivity index (χ3n) is 6.59. The van der Waals surface area contributed by atoms with E-state index in [1.807, 2.05) is 0 Å². The molecule has 1 aromatic carbocycles. The van der Waals surface area contributed by atoms with Crippen molar-refractivity contribution in [2.45, 2.75) is 57.9 Å². The molecule has 3 rings (SSSR count). The molecule has 1 aromatic rings. The van der Waals surface area contributed by atoms with Gasteiger partial charge in [0.1, 0.15) is 6.61 Å². The number of unbranched alkanes of at least 4 members (excludes halogenated alkanes) is 1. The summed E-state index contributed by atoms with van der Waals surface area (Å²) in [4.78, 5) is 12.6. The molecular weight excluding hydrogens is 354 g/mol. The number of benzene rings is 1. The van der Waals surface area contributed by atoms with Gasteiger partial charge in [0.05, 0.1) is 45.5 Å². The van der Waals surface area contributed by atoms with Crippen molar-refractivity contribution in [1.29, 1.82) is 0 Å². The Balaban J connectivity index is 1.59. The van der Waals surface area contributed by atoms with E-state index in [1.165, 1.54) is 49.7 Å². The van der Waals surface area contributed by atoms with Crippen molar-refractivity contribution in [3.63, 3.8) is 0 Å². The monoisotopic (exact) mass is 390 g/mol. The number of esters is 1. The number of quaternary nitrogens is 1. The Morgan fingerprint density at radius 1 is 1.14 bits per heavy atom. The van der Waals surface area contributed by atoms with Crippen LogP contribution >= 0.6 is 0 Å². The lowest BCUT2D eigenvalue weighted by molar-refractivity contribution is -0.947. The van der Waals surface area contributed by atoms with Crippen molar-refractivity contribution in [3.05, 3.63) is 23.8 Å². The fourth-order valence-electron chi connectivity index (χ4n) is 4.93. The second-order valence-corrected chi connectivity index (χ2v) is 8.56. The van der Waals surface area contributed by atoms with E-state index in [-0.39, 0.29) is 5.97 Å². The molecule has 28 heavy (non-hydrogen) atoms. The Kier molecular flexibility index (Phi) is 7.22. The number of piperidine rings is 2. The minimum atomic E-state index is -0.269. The molecule has 5 heteroatoms. The first kappa shape index (κ1) is 21.0. The lowest BCUT2D eigenvalue weighted by Crippen LogP contribution is -2.61. The molecule has 156 valence electrons. The molecule has 0 radical (unpaired) electrons. The van der Waals surface area contributed by atoms with Crippen LogP contribution in [0.15, 0.2) is 18.2 Å². The summed E-state index contributed by atoms with van der Waals surface area (Å²) in [6, 6.07) is 5.94. The maximum atomic E-state index is 12.6. The van der Waals surface area contributed by atoms with Crippen LogP contribution in [-0.2, 0) is 4.74 Å². The fraction of sp³-hybridized carbons (Fsp3) is 0.696. The van der Waals surface area contributed by atoms with Crippen LogP contribution in [0.4, 0.5) is 0 Å². The molecule has 0 aromatic heterocycles. The van der Waals surface area contributed by atoms with E-state index < -0.39 is 0 Å². The second-order valence-electron chi connectivity index (χ2n) is 8.56. The Morgan fingerprint density at radius 2 is 1.96 bits per heavy atom. The average molecular weight is 391 g/mol. The van der Waals surface area contributed by atoms with E-state index in [2.05, 4.69) is 14.0 Å². The summed E-state index contributed by atoms with van der Waals surface area (Å²) in [6.45, 7) is 5.84. The zero-order chi connectivity index (χ0) is 20.0. The van der Waals surface area contributed by atoms with Gasteiger partial charge in [-0.25, -0.2) is 4.79 Å².